The number of aromatic nitrogens is 1. The molecule has 1 aliphatic carbocycles. The second kappa shape index (κ2) is 5.04. The van der Waals surface area contributed by atoms with Crippen LogP contribution in [0.4, 0.5) is 13.2 Å². The maximum Gasteiger partial charge on any atom is 0.214 e. The zero-order valence-corrected chi connectivity index (χ0v) is 11.0. The molecule has 1 aromatic heterocycles. The highest BCUT2D eigenvalue weighted by molar-refractivity contribution is 5.32. The van der Waals surface area contributed by atoms with Gasteiger partial charge in [0.05, 0.1) is 6.20 Å². The Morgan fingerprint density at radius 3 is 2.62 bits per heavy atom. The molecule has 0 amide bonds. The molecular formula is C15H13F3N2O. The third-order valence-electron chi connectivity index (χ3n) is 3.86. The SMILES string of the molecule is NC1(c2ncco2)CC=CCC1c1cc(F)c(F)cc1F. The monoisotopic (exact) mass is 294 g/mol. The van der Waals surface area contributed by atoms with Crippen LogP contribution in [0.25, 0.3) is 0 Å². The molecule has 3 nitrogen and oxygen atoms in total. The molecule has 1 aromatic carbocycles. The predicted octanol–water partition coefficient (Wildman–Crippen LogP) is 3.38. The molecule has 0 radical (unpaired) electrons. The van der Waals surface area contributed by atoms with E-state index in [1.165, 1.54) is 12.5 Å². The number of nitrogens with two attached hydrogens (primary N) is 1. The van der Waals surface area contributed by atoms with Crippen molar-refractivity contribution >= 4 is 0 Å². The lowest BCUT2D eigenvalue weighted by molar-refractivity contribution is 0.262. The van der Waals surface area contributed by atoms with Crippen molar-refractivity contribution in [1.82, 2.24) is 4.98 Å². The normalized spacial score (nSPS) is 25.2. The molecule has 0 saturated heterocycles. The van der Waals surface area contributed by atoms with Gasteiger partial charge in [-0.2, -0.15) is 0 Å². The summed E-state index contributed by atoms with van der Waals surface area (Å²) in [5.41, 5.74) is 5.30. The van der Waals surface area contributed by atoms with E-state index in [9.17, 15) is 13.2 Å². The van der Waals surface area contributed by atoms with Crippen LogP contribution in [0.2, 0.25) is 0 Å². The number of allylic oxidation sites excluding steroid dienone is 1. The fourth-order valence-corrected chi connectivity index (χ4v) is 2.76. The Kier molecular flexibility index (Phi) is 3.33. The molecule has 0 spiro atoms. The standard InChI is InChI=1S/C15H13F3N2O/c16-11-8-13(18)12(17)7-9(11)10-3-1-2-4-15(10,19)14-20-5-6-21-14/h1-2,5-8,10H,3-4,19H2. The van der Waals surface area contributed by atoms with Gasteiger partial charge in [0.15, 0.2) is 11.6 Å². The smallest absolute Gasteiger partial charge is 0.214 e. The summed E-state index contributed by atoms with van der Waals surface area (Å²) in [6.45, 7) is 0. The maximum atomic E-state index is 14.1. The number of nitrogens with zero attached hydrogens (tertiary/aromatic N) is 1. The third kappa shape index (κ3) is 2.25. The highest BCUT2D eigenvalue weighted by Gasteiger charge is 2.43. The topological polar surface area (TPSA) is 52.0 Å². The molecular weight excluding hydrogens is 281 g/mol. The van der Waals surface area contributed by atoms with Crippen LogP contribution in [0.15, 0.2) is 41.2 Å². The van der Waals surface area contributed by atoms with Crippen LogP contribution in [0.1, 0.15) is 30.2 Å². The van der Waals surface area contributed by atoms with Crippen LogP contribution in [0, 0.1) is 17.5 Å². The lowest BCUT2D eigenvalue weighted by Gasteiger charge is -2.36. The van der Waals surface area contributed by atoms with Crippen LogP contribution in [0.3, 0.4) is 0 Å². The zero-order chi connectivity index (χ0) is 15.0. The quantitative estimate of drug-likeness (QED) is 0.682. The third-order valence-corrected chi connectivity index (χ3v) is 3.86. The largest absolute Gasteiger partial charge is 0.447 e. The number of oxazole rings is 1. The minimum Gasteiger partial charge on any atom is -0.447 e. The van der Waals surface area contributed by atoms with Crippen molar-refractivity contribution in [2.45, 2.75) is 24.3 Å². The minimum absolute atomic E-state index is 0.0268. The Balaban J connectivity index is 2.11. The van der Waals surface area contributed by atoms with E-state index < -0.39 is 28.9 Å². The summed E-state index contributed by atoms with van der Waals surface area (Å²) in [7, 11) is 0. The lowest BCUT2D eigenvalue weighted by Crippen LogP contribution is -2.44. The van der Waals surface area contributed by atoms with E-state index in [4.69, 9.17) is 10.2 Å². The van der Waals surface area contributed by atoms with Crippen molar-refractivity contribution in [3.63, 3.8) is 0 Å². The second-order valence-corrected chi connectivity index (χ2v) is 5.13. The average molecular weight is 294 g/mol. The molecule has 110 valence electrons. The Morgan fingerprint density at radius 1 is 1.14 bits per heavy atom. The highest BCUT2D eigenvalue weighted by atomic mass is 19.2. The molecule has 1 aliphatic rings. The van der Waals surface area contributed by atoms with Gasteiger partial charge in [0, 0.05) is 12.0 Å². The van der Waals surface area contributed by atoms with Crippen molar-refractivity contribution in [2.24, 2.45) is 5.73 Å². The van der Waals surface area contributed by atoms with E-state index in [0.717, 1.165) is 6.07 Å². The van der Waals surface area contributed by atoms with E-state index in [1.54, 1.807) is 0 Å². The number of hydrogen-bond donors (Lipinski definition) is 1. The summed E-state index contributed by atoms with van der Waals surface area (Å²) in [5, 5.41) is 0. The zero-order valence-electron chi connectivity index (χ0n) is 11.0. The van der Waals surface area contributed by atoms with Crippen LogP contribution in [0.5, 0.6) is 0 Å². The van der Waals surface area contributed by atoms with Crippen LogP contribution in [-0.2, 0) is 5.54 Å². The van der Waals surface area contributed by atoms with E-state index in [1.807, 2.05) is 12.2 Å². The summed E-state index contributed by atoms with van der Waals surface area (Å²) >= 11 is 0. The van der Waals surface area contributed by atoms with Gasteiger partial charge < -0.3 is 10.2 Å². The first-order valence-electron chi connectivity index (χ1n) is 6.50. The van der Waals surface area contributed by atoms with E-state index in [-0.39, 0.29) is 11.5 Å². The number of halogens is 3. The van der Waals surface area contributed by atoms with Crippen molar-refractivity contribution < 1.29 is 17.6 Å². The summed E-state index contributed by atoms with van der Waals surface area (Å²) in [6.07, 6.45) is 7.26. The summed E-state index contributed by atoms with van der Waals surface area (Å²) < 4.78 is 45.9. The highest BCUT2D eigenvalue weighted by Crippen LogP contribution is 2.43. The summed E-state index contributed by atoms with van der Waals surface area (Å²) in [6, 6.07) is 1.40. The lowest BCUT2D eigenvalue weighted by atomic mass is 9.72. The molecule has 1 heterocycles. The first kappa shape index (κ1) is 13.9. The Morgan fingerprint density at radius 2 is 1.90 bits per heavy atom. The Bertz CT molecular complexity index is 684. The fraction of sp³-hybridized carbons (Fsp3) is 0.267. The molecule has 0 saturated carbocycles. The first-order valence-corrected chi connectivity index (χ1v) is 6.50. The van der Waals surface area contributed by atoms with E-state index in [2.05, 4.69) is 4.98 Å². The van der Waals surface area contributed by atoms with Gasteiger partial charge in [-0.1, -0.05) is 12.2 Å². The van der Waals surface area contributed by atoms with Crippen molar-refractivity contribution in [3.8, 4) is 0 Å². The van der Waals surface area contributed by atoms with Crippen molar-refractivity contribution in [3.05, 3.63) is 65.7 Å². The molecule has 2 atom stereocenters. The maximum absolute atomic E-state index is 14.1. The molecule has 6 heteroatoms. The number of hydrogen-bond acceptors (Lipinski definition) is 3. The van der Waals surface area contributed by atoms with Gasteiger partial charge in [0.1, 0.15) is 17.6 Å². The molecule has 3 rings (SSSR count). The molecule has 0 fully saturated rings. The summed E-state index contributed by atoms with van der Waals surface area (Å²) in [4.78, 5) is 4.04. The molecule has 2 unspecified atom stereocenters. The van der Waals surface area contributed by atoms with Gasteiger partial charge in [-0.3, -0.25) is 0 Å². The van der Waals surface area contributed by atoms with Gasteiger partial charge in [0.25, 0.3) is 0 Å². The van der Waals surface area contributed by atoms with Crippen LogP contribution in [-0.4, -0.2) is 4.98 Å². The van der Waals surface area contributed by atoms with Crippen molar-refractivity contribution in [2.75, 3.05) is 0 Å². The fourth-order valence-electron chi connectivity index (χ4n) is 2.76. The number of benzene rings is 1. The molecule has 21 heavy (non-hydrogen) atoms. The van der Waals surface area contributed by atoms with Gasteiger partial charge in [0.2, 0.25) is 5.89 Å². The Labute approximate surface area is 119 Å². The Hall–Kier alpha value is -2.08. The van der Waals surface area contributed by atoms with Gasteiger partial charge in [-0.05, 0) is 24.5 Å². The van der Waals surface area contributed by atoms with Crippen molar-refractivity contribution in [1.29, 1.82) is 0 Å². The predicted molar refractivity (Wildman–Crippen MR) is 69.8 cm³/mol. The van der Waals surface area contributed by atoms with Gasteiger partial charge in [-0.25, -0.2) is 18.2 Å². The molecule has 2 N–H and O–H groups in total. The van der Waals surface area contributed by atoms with E-state index >= 15 is 0 Å². The average Bonchev–Trinajstić information content (AvgIpc) is 2.99. The minimum atomic E-state index is -1.22. The van der Waals surface area contributed by atoms with Crippen LogP contribution < -0.4 is 5.73 Å². The van der Waals surface area contributed by atoms with Crippen LogP contribution >= 0.6 is 0 Å². The van der Waals surface area contributed by atoms with Gasteiger partial charge >= 0.3 is 0 Å². The van der Waals surface area contributed by atoms with Gasteiger partial charge in [-0.15, -0.1) is 0 Å². The molecule has 0 bridgehead atoms. The number of rotatable bonds is 2. The first-order chi connectivity index (χ1) is 10.0. The summed E-state index contributed by atoms with van der Waals surface area (Å²) in [5.74, 6) is -3.48. The molecule has 2 aromatic rings. The molecule has 0 aliphatic heterocycles. The second-order valence-electron chi connectivity index (χ2n) is 5.13. The van der Waals surface area contributed by atoms with E-state index in [0.29, 0.717) is 18.9 Å².